The van der Waals surface area contributed by atoms with Gasteiger partial charge in [0, 0.05) is 5.69 Å². The number of aromatic nitrogens is 2. The Hall–Kier alpha value is -1.61. The van der Waals surface area contributed by atoms with E-state index in [1.807, 2.05) is 30.3 Å². The molecule has 0 spiro atoms. The van der Waals surface area contributed by atoms with Crippen LogP contribution in [0.2, 0.25) is 5.02 Å². The van der Waals surface area contributed by atoms with Gasteiger partial charge in [0.05, 0.1) is 17.4 Å². The molecule has 0 bridgehead atoms. The van der Waals surface area contributed by atoms with E-state index in [0.717, 1.165) is 5.69 Å². The van der Waals surface area contributed by atoms with Crippen molar-refractivity contribution in [3.8, 4) is 0 Å². The van der Waals surface area contributed by atoms with Gasteiger partial charge in [0.1, 0.15) is 0 Å². The van der Waals surface area contributed by atoms with Crippen molar-refractivity contribution in [3.05, 3.63) is 47.7 Å². The first-order chi connectivity index (χ1) is 6.84. The van der Waals surface area contributed by atoms with Crippen LogP contribution in [0.15, 0.2) is 42.7 Å². The molecule has 1 aromatic heterocycles. The van der Waals surface area contributed by atoms with E-state index < -0.39 is 0 Å². The molecule has 0 aliphatic heterocycles. The van der Waals surface area contributed by atoms with Gasteiger partial charge in [0.2, 0.25) is 5.95 Å². The van der Waals surface area contributed by atoms with Crippen molar-refractivity contribution in [1.82, 2.24) is 9.97 Å². The number of rotatable bonds is 2. The van der Waals surface area contributed by atoms with E-state index in [0.29, 0.717) is 11.0 Å². The molecule has 14 heavy (non-hydrogen) atoms. The first kappa shape index (κ1) is 8.97. The fourth-order valence-electron chi connectivity index (χ4n) is 1.03. The van der Waals surface area contributed by atoms with Gasteiger partial charge in [-0.2, -0.15) is 0 Å². The predicted octanol–water partition coefficient (Wildman–Crippen LogP) is 2.87. The molecule has 0 aliphatic carbocycles. The highest BCUT2D eigenvalue weighted by atomic mass is 35.5. The molecule has 0 fully saturated rings. The second kappa shape index (κ2) is 4.07. The van der Waals surface area contributed by atoms with Gasteiger partial charge in [-0.25, -0.2) is 9.97 Å². The van der Waals surface area contributed by atoms with E-state index in [1.165, 1.54) is 0 Å². The summed E-state index contributed by atoms with van der Waals surface area (Å²) < 4.78 is 0. The summed E-state index contributed by atoms with van der Waals surface area (Å²) in [5, 5.41) is 3.58. The number of halogens is 1. The Morgan fingerprint density at radius 2 is 1.64 bits per heavy atom. The Balaban J connectivity index is 2.16. The van der Waals surface area contributed by atoms with E-state index in [-0.39, 0.29) is 0 Å². The van der Waals surface area contributed by atoms with Gasteiger partial charge < -0.3 is 5.32 Å². The zero-order valence-electron chi connectivity index (χ0n) is 7.31. The van der Waals surface area contributed by atoms with Crippen molar-refractivity contribution < 1.29 is 0 Å². The molecule has 0 saturated carbocycles. The van der Waals surface area contributed by atoms with Crippen LogP contribution in [-0.4, -0.2) is 9.97 Å². The average molecular weight is 206 g/mol. The number of hydrogen-bond acceptors (Lipinski definition) is 3. The monoisotopic (exact) mass is 205 g/mol. The number of anilines is 2. The number of nitrogens with one attached hydrogen (secondary N) is 1. The molecule has 4 heteroatoms. The molecule has 2 rings (SSSR count). The molecule has 2 aromatic rings. The van der Waals surface area contributed by atoms with Crippen LogP contribution in [-0.2, 0) is 0 Å². The van der Waals surface area contributed by atoms with Crippen LogP contribution in [0.1, 0.15) is 0 Å². The third-order valence-electron chi connectivity index (χ3n) is 1.65. The highest BCUT2D eigenvalue weighted by molar-refractivity contribution is 6.30. The first-order valence-electron chi connectivity index (χ1n) is 4.14. The van der Waals surface area contributed by atoms with Crippen molar-refractivity contribution in [2.75, 3.05) is 5.32 Å². The summed E-state index contributed by atoms with van der Waals surface area (Å²) >= 11 is 5.66. The topological polar surface area (TPSA) is 37.8 Å². The lowest BCUT2D eigenvalue weighted by Crippen LogP contribution is -1.95. The summed E-state index contributed by atoms with van der Waals surface area (Å²) in [6, 6.07) is 9.72. The molecular weight excluding hydrogens is 198 g/mol. The van der Waals surface area contributed by atoms with Crippen LogP contribution in [0.4, 0.5) is 11.6 Å². The van der Waals surface area contributed by atoms with Crippen LogP contribution in [0, 0.1) is 0 Å². The fraction of sp³-hybridized carbons (Fsp3) is 0. The lowest BCUT2D eigenvalue weighted by atomic mass is 10.3. The van der Waals surface area contributed by atoms with Crippen molar-refractivity contribution in [3.63, 3.8) is 0 Å². The molecule has 70 valence electrons. The Bertz CT molecular complexity index is 399. The molecule has 0 atom stereocenters. The number of benzene rings is 1. The minimum Gasteiger partial charge on any atom is -0.324 e. The zero-order chi connectivity index (χ0) is 9.80. The van der Waals surface area contributed by atoms with Crippen LogP contribution < -0.4 is 5.32 Å². The summed E-state index contributed by atoms with van der Waals surface area (Å²) in [5.41, 5.74) is 0.954. The quantitative estimate of drug-likeness (QED) is 0.819. The minimum atomic E-state index is 0.531. The minimum absolute atomic E-state index is 0.531. The van der Waals surface area contributed by atoms with Crippen LogP contribution in [0.25, 0.3) is 0 Å². The second-order valence-electron chi connectivity index (χ2n) is 2.72. The van der Waals surface area contributed by atoms with Crippen molar-refractivity contribution in [2.45, 2.75) is 0 Å². The SMILES string of the molecule is Clc1cnc(Nc2ccccc2)nc1. The number of hydrogen-bond donors (Lipinski definition) is 1. The molecule has 1 aromatic carbocycles. The highest BCUT2D eigenvalue weighted by Crippen LogP contribution is 2.12. The second-order valence-corrected chi connectivity index (χ2v) is 3.15. The Morgan fingerprint density at radius 3 is 2.29 bits per heavy atom. The van der Waals surface area contributed by atoms with E-state index in [2.05, 4.69) is 15.3 Å². The van der Waals surface area contributed by atoms with Gasteiger partial charge in [-0.05, 0) is 12.1 Å². The smallest absolute Gasteiger partial charge is 0.227 e. The van der Waals surface area contributed by atoms with Crippen molar-refractivity contribution in [1.29, 1.82) is 0 Å². The summed E-state index contributed by atoms with van der Waals surface area (Å²) in [6.45, 7) is 0. The molecule has 0 amide bonds. The van der Waals surface area contributed by atoms with Crippen LogP contribution in [0.3, 0.4) is 0 Å². The Kier molecular flexibility index (Phi) is 2.60. The summed E-state index contributed by atoms with van der Waals surface area (Å²) in [7, 11) is 0. The van der Waals surface area contributed by atoms with E-state index in [9.17, 15) is 0 Å². The van der Waals surface area contributed by atoms with Crippen LogP contribution >= 0.6 is 11.6 Å². The summed E-state index contributed by atoms with van der Waals surface area (Å²) in [6.07, 6.45) is 3.11. The molecule has 1 heterocycles. The standard InChI is InChI=1S/C10H8ClN3/c11-8-6-12-10(13-7-8)14-9-4-2-1-3-5-9/h1-7H,(H,12,13,14). The maximum atomic E-state index is 5.66. The molecule has 0 unspecified atom stereocenters. The average Bonchev–Trinajstić information content (AvgIpc) is 2.23. The first-order valence-corrected chi connectivity index (χ1v) is 4.52. The third-order valence-corrected chi connectivity index (χ3v) is 1.85. The lowest BCUT2D eigenvalue weighted by molar-refractivity contribution is 1.17. The van der Waals surface area contributed by atoms with Crippen molar-refractivity contribution >= 4 is 23.2 Å². The third kappa shape index (κ3) is 2.20. The van der Waals surface area contributed by atoms with Gasteiger partial charge in [-0.3, -0.25) is 0 Å². The number of nitrogens with zero attached hydrogens (tertiary/aromatic N) is 2. The highest BCUT2D eigenvalue weighted by Gasteiger charge is 1.95. The van der Waals surface area contributed by atoms with Gasteiger partial charge in [-0.15, -0.1) is 0 Å². The molecule has 1 N–H and O–H groups in total. The van der Waals surface area contributed by atoms with Crippen molar-refractivity contribution in [2.24, 2.45) is 0 Å². The molecule has 0 saturated heterocycles. The molecule has 0 aliphatic rings. The van der Waals surface area contributed by atoms with Gasteiger partial charge in [-0.1, -0.05) is 29.8 Å². The lowest BCUT2D eigenvalue weighted by Gasteiger charge is -2.02. The fourth-order valence-corrected chi connectivity index (χ4v) is 1.13. The predicted molar refractivity (Wildman–Crippen MR) is 56.8 cm³/mol. The summed E-state index contributed by atoms with van der Waals surface area (Å²) in [4.78, 5) is 8.04. The Labute approximate surface area is 86.8 Å². The van der Waals surface area contributed by atoms with E-state index in [4.69, 9.17) is 11.6 Å². The number of para-hydroxylation sites is 1. The summed E-state index contributed by atoms with van der Waals surface area (Å²) in [5.74, 6) is 0.542. The maximum Gasteiger partial charge on any atom is 0.227 e. The van der Waals surface area contributed by atoms with E-state index >= 15 is 0 Å². The van der Waals surface area contributed by atoms with Gasteiger partial charge >= 0.3 is 0 Å². The molecule has 0 radical (unpaired) electrons. The largest absolute Gasteiger partial charge is 0.324 e. The zero-order valence-corrected chi connectivity index (χ0v) is 8.07. The maximum absolute atomic E-state index is 5.66. The molecule has 3 nitrogen and oxygen atoms in total. The van der Waals surface area contributed by atoms with E-state index in [1.54, 1.807) is 12.4 Å². The van der Waals surface area contributed by atoms with Gasteiger partial charge in [0.15, 0.2) is 0 Å². The normalized spacial score (nSPS) is 9.79. The Morgan fingerprint density at radius 1 is 1.00 bits per heavy atom. The van der Waals surface area contributed by atoms with Crippen LogP contribution in [0.5, 0.6) is 0 Å². The molecular formula is C10H8ClN3. The van der Waals surface area contributed by atoms with Gasteiger partial charge in [0.25, 0.3) is 0 Å².